The van der Waals surface area contributed by atoms with Crippen LogP contribution in [0.25, 0.3) is 0 Å². The Kier molecular flexibility index (Phi) is 3.95. The van der Waals surface area contributed by atoms with Crippen molar-refractivity contribution >= 4 is 5.78 Å². The molecule has 2 unspecified atom stereocenters. The summed E-state index contributed by atoms with van der Waals surface area (Å²) in [6, 6.07) is 10.5. The second-order valence-corrected chi connectivity index (χ2v) is 5.32. The molecule has 0 saturated heterocycles. The van der Waals surface area contributed by atoms with E-state index in [-0.39, 0.29) is 0 Å². The lowest BCUT2D eigenvalue weighted by molar-refractivity contribution is -0.121. The molecule has 0 N–H and O–H groups in total. The maximum absolute atomic E-state index is 11.7. The zero-order valence-electron chi connectivity index (χ0n) is 10.7. The molecule has 17 heavy (non-hydrogen) atoms. The predicted octanol–water partition coefficient (Wildman–Crippen LogP) is 2.70. The van der Waals surface area contributed by atoms with Gasteiger partial charge in [0.15, 0.2) is 0 Å². The Labute approximate surface area is 104 Å². The first-order valence-electron chi connectivity index (χ1n) is 6.38. The fraction of sp³-hybridized carbons (Fsp3) is 0.533. The van der Waals surface area contributed by atoms with Crippen molar-refractivity contribution in [2.75, 3.05) is 20.6 Å². The first kappa shape index (κ1) is 12.3. The summed E-state index contributed by atoms with van der Waals surface area (Å²) in [5.74, 6) is 1.46. The first-order chi connectivity index (χ1) is 8.16. The van der Waals surface area contributed by atoms with E-state index in [4.69, 9.17) is 0 Å². The van der Waals surface area contributed by atoms with E-state index in [0.717, 1.165) is 25.8 Å². The van der Waals surface area contributed by atoms with Crippen LogP contribution in [0.15, 0.2) is 30.3 Å². The molecule has 2 heteroatoms. The highest BCUT2D eigenvalue weighted by Gasteiger charge is 2.30. The monoisotopic (exact) mass is 231 g/mol. The Morgan fingerprint density at radius 3 is 2.59 bits per heavy atom. The number of hydrogen-bond donors (Lipinski definition) is 0. The second-order valence-electron chi connectivity index (χ2n) is 5.32. The van der Waals surface area contributed by atoms with Gasteiger partial charge in [0.1, 0.15) is 5.78 Å². The number of benzene rings is 1. The average molecular weight is 231 g/mol. The van der Waals surface area contributed by atoms with Gasteiger partial charge in [0.05, 0.1) is 0 Å². The zero-order valence-corrected chi connectivity index (χ0v) is 10.7. The predicted molar refractivity (Wildman–Crippen MR) is 70.1 cm³/mol. The van der Waals surface area contributed by atoms with E-state index >= 15 is 0 Å². The van der Waals surface area contributed by atoms with Crippen LogP contribution >= 0.6 is 0 Å². The van der Waals surface area contributed by atoms with Crippen molar-refractivity contribution in [1.29, 1.82) is 0 Å². The van der Waals surface area contributed by atoms with Crippen LogP contribution in [0.4, 0.5) is 0 Å². The minimum absolute atomic E-state index is 0.417. The van der Waals surface area contributed by atoms with Crippen LogP contribution in [0.3, 0.4) is 0 Å². The number of ketones is 1. The molecule has 0 radical (unpaired) electrons. The lowest BCUT2D eigenvalue weighted by Gasteiger charge is -2.33. The molecule has 1 fully saturated rings. The number of Topliss-reactive ketones (excluding diaryl/α,β-unsaturated/α-hetero) is 1. The molecule has 0 heterocycles. The molecule has 0 aromatic heterocycles. The smallest absolute Gasteiger partial charge is 0.133 e. The summed E-state index contributed by atoms with van der Waals surface area (Å²) in [7, 11) is 4.22. The molecular weight excluding hydrogens is 210 g/mol. The number of carbonyl (C=O) groups is 1. The molecule has 1 aliphatic rings. The highest BCUT2D eigenvalue weighted by Crippen LogP contribution is 2.36. The molecule has 2 nitrogen and oxygen atoms in total. The van der Waals surface area contributed by atoms with Crippen molar-refractivity contribution in [3.63, 3.8) is 0 Å². The lowest BCUT2D eigenvalue weighted by Crippen LogP contribution is -2.31. The number of nitrogens with zero attached hydrogens (tertiary/aromatic N) is 1. The topological polar surface area (TPSA) is 20.3 Å². The molecule has 2 atom stereocenters. The summed E-state index contributed by atoms with van der Waals surface area (Å²) in [6.45, 7) is 1.08. The fourth-order valence-electron chi connectivity index (χ4n) is 2.84. The van der Waals surface area contributed by atoms with Crippen LogP contribution in [-0.4, -0.2) is 31.3 Å². The van der Waals surface area contributed by atoms with Crippen molar-refractivity contribution in [3.8, 4) is 0 Å². The van der Waals surface area contributed by atoms with Gasteiger partial charge in [-0.25, -0.2) is 0 Å². The van der Waals surface area contributed by atoms with Crippen LogP contribution in [0.5, 0.6) is 0 Å². The quantitative estimate of drug-likeness (QED) is 0.797. The van der Waals surface area contributed by atoms with Crippen molar-refractivity contribution < 1.29 is 4.79 Å². The van der Waals surface area contributed by atoms with Crippen LogP contribution in [-0.2, 0) is 4.79 Å². The van der Waals surface area contributed by atoms with Gasteiger partial charge in [-0.1, -0.05) is 30.3 Å². The summed E-state index contributed by atoms with van der Waals surface area (Å²) >= 11 is 0. The van der Waals surface area contributed by atoms with Crippen LogP contribution in [0.1, 0.15) is 30.7 Å². The van der Waals surface area contributed by atoms with Crippen LogP contribution in [0.2, 0.25) is 0 Å². The molecule has 92 valence electrons. The van der Waals surface area contributed by atoms with Crippen molar-refractivity contribution in [1.82, 2.24) is 4.90 Å². The maximum atomic E-state index is 11.7. The molecule has 1 aliphatic carbocycles. The Balaban J connectivity index is 2.17. The SMILES string of the molecule is CN(C)CC1CCC(=O)CC1c1ccccc1. The third-order valence-electron chi connectivity index (χ3n) is 3.64. The molecule has 1 saturated carbocycles. The lowest BCUT2D eigenvalue weighted by atomic mass is 9.75. The highest BCUT2D eigenvalue weighted by atomic mass is 16.1. The van der Waals surface area contributed by atoms with Gasteiger partial charge in [0, 0.05) is 19.4 Å². The van der Waals surface area contributed by atoms with E-state index in [1.165, 1.54) is 5.56 Å². The van der Waals surface area contributed by atoms with Gasteiger partial charge >= 0.3 is 0 Å². The summed E-state index contributed by atoms with van der Waals surface area (Å²) < 4.78 is 0. The number of hydrogen-bond acceptors (Lipinski definition) is 2. The molecule has 2 rings (SSSR count). The van der Waals surface area contributed by atoms with E-state index in [9.17, 15) is 4.79 Å². The highest BCUT2D eigenvalue weighted by molar-refractivity contribution is 5.80. The first-order valence-corrected chi connectivity index (χ1v) is 6.38. The van der Waals surface area contributed by atoms with E-state index in [1.807, 2.05) is 6.07 Å². The molecule has 0 amide bonds. The van der Waals surface area contributed by atoms with E-state index in [0.29, 0.717) is 17.6 Å². The molecule has 1 aromatic rings. The number of rotatable bonds is 3. The largest absolute Gasteiger partial charge is 0.309 e. The summed E-state index contributed by atoms with van der Waals surface area (Å²) in [6.07, 6.45) is 2.53. The van der Waals surface area contributed by atoms with Gasteiger partial charge in [0.25, 0.3) is 0 Å². The Morgan fingerprint density at radius 1 is 1.24 bits per heavy atom. The third-order valence-corrected chi connectivity index (χ3v) is 3.64. The Bertz CT molecular complexity index is 372. The zero-order chi connectivity index (χ0) is 12.3. The van der Waals surface area contributed by atoms with Crippen molar-refractivity contribution in [2.24, 2.45) is 5.92 Å². The molecular formula is C15H21NO. The van der Waals surface area contributed by atoms with Gasteiger partial charge in [-0.3, -0.25) is 4.79 Å². The second kappa shape index (κ2) is 5.46. The Hall–Kier alpha value is -1.15. The van der Waals surface area contributed by atoms with E-state index < -0.39 is 0 Å². The minimum Gasteiger partial charge on any atom is -0.309 e. The van der Waals surface area contributed by atoms with E-state index in [1.54, 1.807) is 0 Å². The van der Waals surface area contributed by atoms with Gasteiger partial charge in [-0.05, 0) is 37.9 Å². The van der Waals surface area contributed by atoms with Crippen LogP contribution < -0.4 is 0 Å². The molecule has 0 spiro atoms. The maximum Gasteiger partial charge on any atom is 0.133 e. The van der Waals surface area contributed by atoms with E-state index in [2.05, 4.69) is 43.3 Å². The normalized spacial score (nSPS) is 25.2. The van der Waals surface area contributed by atoms with Gasteiger partial charge < -0.3 is 4.90 Å². The summed E-state index contributed by atoms with van der Waals surface area (Å²) in [5.41, 5.74) is 1.33. The number of carbonyl (C=O) groups excluding carboxylic acids is 1. The van der Waals surface area contributed by atoms with Gasteiger partial charge in [0.2, 0.25) is 0 Å². The Morgan fingerprint density at radius 2 is 1.94 bits per heavy atom. The van der Waals surface area contributed by atoms with Crippen molar-refractivity contribution in [2.45, 2.75) is 25.2 Å². The third kappa shape index (κ3) is 3.16. The van der Waals surface area contributed by atoms with Crippen molar-refractivity contribution in [3.05, 3.63) is 35.9 Å². The fourth-order valence-corrected chi connectivity index (χ4v) is 2.84. The van der Waals surface area contributed by atoms with Crippen LogP contribution in [0, 0.1) is 5.92 Å². The average Bonchev–Trinajstić information content (AvgIpc) is 2.32. The summed E-state index contributed by atoms with van der Waals surface area (Å²) in [4.78, 5) is 13.9. The minimum atomic E-state index is 0.417. The molecule has 0 aliphatic heterocycles. The standard InChI is InChI=1S/C15H21NO/c1-16(2)11-13-8-9-14(17)10-15(13)12-6-4-3-5-7-12/h3-7,13,15H,8-11H2,1-2H3. The van der Waals surface area contributed by atoms with Gasteiger partial charge in [-0.2, -0.15) is 0 Å². The molecule has 0 bridgehead atoms. The summed E-state index contributed by atoms with van der Waals surface area (Å²) in [5, 5.41) is 0. The van der Waals surface area contributed by atoms with Gasteiger partial charge in [-0.15, -0.1) is 0 Å². The molecule has 1 aromatic carbocycles.